The van der Waals surface area contributed by atoms with Gasteiger partial charge in [-0.15, -0.1) is 24.8 Å². The fourth-order valence-electron chi connectivity index (χ4n) is 2.58. The molecule has 6 nitrogen and oxygen atoms in total. The number of nitrogens with zero attached hydrogens (tertiary/aromatic N) is 2. The van der Waals surface area contributed by atoms with Crippen molar-refractivity contribution in [2.75, 3.05) is 49.6 Å². The summed E-state index contributed by atoms with van der Waals surface area (Å²) >= 11 is 0. The van der Waals surface area contributed by atoms with Crippen LogP contribution in [0.5, 0.6) is 0 Å². The van der Waals surface area contributed by atoms with Crippen LogP contribution >= 0.6 is 24.8 Å². The maximum atomic E-state index is 12.0. The van der Waals surface area contributed by atoms with Crippen LogP contribution in [0.15, 0.2) is 18.3 Å². The predicted molar refractivity (Wildman–Crippen MR) is 91.4 cm³/mol. The number of rotatable bonds is 3. The zero-order chi connectivity index (χ0) is 13.8. The Kier molecular flexibility index (Phi) is 7.89. The molecule has 1 atom stereocenters. The van der Waals surface area contributed by atoms with Crippen LogP contribution in [-0.4, -0.2) is 50.3 Å². The summed E-state index contributed by atoms with van der Waals surface area (Å²) < 4.78 is 5.33. The molecule has 1 aromatic rings. The molecule has 8 heteroatoms. The number of morpholine rings is 1. The topological polar surface area (TPSA) is 66.5 Å². The highest BCUT2D eigenvalue weighted by atomic mass is 35.5. The third kappa shape index (κ3) is 4.71. The van der Waals surface area contributed by atoms with Crippen molar-refractivity contribution in [3.8, 4) is 0 Å². The van der Waals surface area contributed by atoms with E-state index < -0.39 is 0 Å². The summed E-state index contributed by atoms with van der Waals surface area (Å²) in [6.07, 6.45) is 2.71. The van der Waals surface area contributed by atoms with E-state index in [2.05, 4.69) is 20.5 Å². The zero-order valence-electron chi connectivity index (χ0n) is 12.3. The van der Waals surface area contributed by atoms with Gasteiger partial charge < -0.3 is 20.3 Å². The highest BCUT2D eigenvalue weighted by Gasteiger charge is 2.22. The second-order valence-corrected chi connectivity index (χ2v) is 5.18. The number of carbonyl (C=O) groups excluding carboxylic acids is 1. The Morgan fingerprint density at radius 1 is 1.32 bits per heavy atom. The largest absolute Gasteiger partial charge is 0.378 e. The van der Waals surface area contributed by atoms with Gasteiger partial charge >= 0.3 is 0 Å². The maximum absolute atomic E-state index is 12.0. The van der Waals surface area contributed by atoms with Crippen molar-refractivity contribution in [2.45, 2.75) is 6.42 Å². The van der Waals surface area contributed by atoms with Gasteiger partial charge in [-0.3, -0.25) is 4.79 Å². The van der Waals surface area contributed by atoms with Crippen molar-refractivity contribution in [1.82, 2.24) is 10.3 Å². The molecular weight excluding hydrogens is 327 g/mol. The number of carbonyl (C=O) groups is 1. The van der Waals surface area contributed by atoms with Crippen molar-refractivity contribution in [2.24, 2.45) is 5.92 Å². The highest BCUT2D eigenvalue weighted by molar-refractivity contribution is 5.92. The van der Waals surface area contributed by atoms with Gasteiger partial charge in [0.2, 0.25) is 5.91 Å². The Morgan fingerprint density at radius 2 is 2.09 bits per heavy atom. The lowest BCUT2D eigenvalue weighted by molar-refractivity contribution is -0.119. The maximum Gasteiger partial charge on any atom is 0.229 e. The number of hydrogen-bond acceptors (Lipinski definition) is 5. The van der Waals surface area contributed by atoms with E-state index in [1.54, 1.807) is 0 Å². The molecule has 0 radical (unpaired) electrons. The van der Waals surface area contributed by atoms with Crippen molar-refractivity contribution in [3.63, 3.8) is 0 Å². The van der Waals surface area contributed by atoms with E-state index in [1.165, 1.54) is 0 Å². The normalized spacial score (nSPS) is 20.7. The second kappa shape index (κ2) is 9.15. The van der Waals surface area contributed by atoms with Gasteiger partial charge in [-0.1, -0.05) is 0 Å². The quantitative estimate of drug-likeness (QED) is 0.861. The standard InChI is InChI=1S/C14H20N4O2.2ClH/c19-14(11-3-4-15-9-11)17-13-2-1-12(10-16-13)18-5-7-20-8-6-18;;/h1-2,10-11,15H,3-9H2,(H,16,17,19);2*1H. The van der Waals surface area contributed by atoms with E-state index in [0.717, 1.165) is 51.5 Å². The smallest absolute Gasteiger partial charge is 0.229 e. The number of amides is 1. The molecule has 2 aliphatic heterocycles. The van der Waals surface area contributed by atoms with Crippen LogP contribution in [0.1, 0.15) is 6.42 Å². The first kappa shape index (κ1) is 19.0. The fourth-order valence-corrected chi connectivity index (χ4v) is 2.58. The molecule has 0 saturated carbocycles. The summed E-state index contributed by atoms with van der Waals surface area (Å²) in [5.41, 5.74) is 1.08. The van der Waals surface area contributed by atoms with Gasteiger partial charge in [-0.2, -0.15) is 0 Å². The average molecular weight is 349 g/mol. The van der Waals surface area contributed by atoms with Gasteiger partial charge in [0.15, 0.2) is 0 Å². The molecule has 2 saturated heterocycles. The minimum Gasteiger partial charge on any atom is -0.378 e. The molecule has 2 N–H and O–H groups in total. The summed E-state index contributed by atoms with van der Waals surface area (Å²) in [5, 5.41) is 6.07. The Balaban J connectivity index is 0.00000121. The lowest BCUT2D eigenvalue weighted by atomic mass is 10.1. The van der Waals surface area contributed by atoms with Gasteiger partial charge in [0.25, 0.3) is 0 Å². The Morgan fingerprint density at radius 3 is 2.68 bits per heavy atom. The lowest BCUT2D eigenvalue weighted by Gasteiger charge is -2.28. The molecule has 22 heavy (non-hydrogen) atoms. The number of pyridine rings is 1. The molecule has 0 bridgehead atoms. The van der Waals surface area contributed by atoms with Crippen LogP contribution in [0.25, 0.3) is 0 Å². The van der Waals surface area contributed by atoms with Gasteiger partial charge in [0.1, 0.15) is 5.82 Å². The van der Waals surface area contributed by atoms with Crippen molar-refractivity contribution in [1.29, 1.82) is 0 Å². The Labute approximate surface area is 142 Å². The predicted octanol–water partition coefficient (Wildman–Crippen LogP) is 1.31. The van der Waals surface area contributed by atoms with Gasteiger partial charge in [-0.05, 0) is 25.1 Å². The summed E-state index contributed by atoms with van der Waals surface area (Å²) in [4.78, 5) is 18.6. The minimum atomic E-state index is 0. The second-order valence-electron chi connectivity index (χ2n) is 5.18. The molecule has 3 rings (SSSR count). The van der Waals surface area contributed by atoms with Crippen LogP contribution in [-0.2, 0) is 9.53 Å². The molecule has 0 aliphatic carbocycles. The lowest BCUT2D eigenvalue weighted by Crippen LogP contribution is -2.36. The van der Waals surface area contributed by atoms with E-state index in [9.17, 15) is 4.79 Å². The molecule has 1 aromatic heterocycles. The molecule has 1 unspecified atom stereocenters. The molecule has 0 aromatic carbocycles. The van der Waals surface area contributed by atoms with Gasteiger partial charge in [0.05, 0.1) is 31.0 Å². The average Bonchev–Trinajstić information content (AvgIpc) is 3.03. The third-order valence-corrected chi connectivity index (χ3v) is 3.81. The van der Waals surface area contributed by atoms with E-state index >= 15 is 0 Å². The number of hydrogen-bond donors (Lipinski definition) is 2. The van der Waals surface area contributed by atoms with Crippen LogP contribution in [0.4, 0.5) is 11.5 Å². The molecule has 3 heterocycles. The third-order valence-electron chi connectivity index (χ3n) is 3.81. The number of nitrogens with one attached hydrogen (secondary N) is 2. The van der Waals surface area contributed by atoms with E-state index in [4.69, 9.17) is 4.74 Å². The number of aromatic nitrogens is 1. The first-order valence-corrected chi connectivity index (χ1v) is 7.13. The van der Waals surface area contributed by atoms with E-state index in [1.807, 2.05) is 18.3 Å². The molecular formula is C14H22Cl2N4O2. The fraction of sp³-hybridized carbons (Fsp3) is 0.571. The number of anilines is 2. The van der Waals surface area contributed by atoms with Crippen LogP contribution in [0, 0.1) is 5.92 Å². The Bertz CT molecular complexity index is 460. The van der Waals surface area contributed by atoms with E-state index in [-0.39, 0.29) is 36.6 Å². The zero-order valence-corrected chi connectivity index (χ0v) is 13.9. The van der Waals surface area contributed by atoms with Gasteiger partial charge in [0, 0.05) is 19.6 Å². The molecule has 0 spiro atoms. The monoisotopic (exact) mass is 348 g/mol. The highest BCUT2D eigenvalue weighted by Crippen LogP contribution is 2.17. The minimum absolute atomic E-state index is 0. The summed E-state index contributed by atoms with van der Waals surface area (Å²) in [5.74, 6) is 0.747. The summed E-state index contributed by atoms with van der Waals surface area (Å²) in [6.45, 7) is 4.97. The van der Waals surface area contributed by atoms with Crippen molar-refractivity contribution in [3.05, 3.63) is 18.3 Å². The molecule has 2 aliphatic rings. The first-order valence-electron chi connectivity index (χ1n) is 7.13. The molecule has 1 amide bonds. The van der Waals surface area contributed by atoms with Crippen molar-refractivity contribution >= 4 is 42.2 Å². The Hall–Kier alpha value is -1.08. The van der Waals surface area contributed by atoms with Crippen LogP contribution < -0.4 is 15.5 Å². The SMILES string of the molecule is Cl.Cl.O=C(Nc1ccc(N2CCOCC2)cn1)C1CCNC1. The van der Waals surface area contributed by atoms with Gasteiger partial charge in [-0.25, -0.2) is 4.98 Å². The molecule has 2 fully saturated rings. The number of halogens is 2. The van der Waals surface area contributed by atoms with E-state index in [0.29, 0.717) is 5.82 Å². The summed E-state index contributed by atoms with van der Waals surface area (Å²) in [7, 11) is 0. The van der Waals surface area contributed by atoms with Crippen LogP contribution in [0.3, 0.4) is 0 Å². The van der Waals surface area contributed by atoms with Crippen molar-refractivity contribution < 1.29 is 9.53 Å². The summed E-state index contributed by atoms with van der Waals surface area (Å²) in [6, 6.07) is 3.87. The number of ether oxygens (including phenoxy) is 1. The first-order chi connectivity index (χ1) is 9.83. The molecule has 124 valence electrons. The van der Waals surface area contributed by atoms with Crippen LogP contribution in [0.2, 0.25) is 0 Å².